The fraction of sp³-hybridized carbons (Fsp3) is 0.455. The number of halogens is 2. The minimum Gasteiger partial charge on any atom is -0.382 e. The van der Waals surface area contributed by atoms with Crippen LogP contribution in [0.2, 0.25) is 5.02 Å². The predicted molar refractivity (Wildman–Crippen MR) is 70.3 cm³/mol. The van der Waals surface area contributed by atoms with Crippen LogP contribution < -0.4 is 5.32 Å². The summed E-state index contributed by atoms with van der Waals surface area (Å²) in [6, 6.07) is 5.71. The molecular formula is C11H15BrClNO2. The third-order valence-corrected chi connectivity index (χ3v) is 3.34. The van der Waals surface area contributed by atoms with Crippen molar-refractivity contribution >= 4 is 33.2 Å². The van der Waals surface area contributed by atoms with Crippen molar-refractivity contribution in [3.63, 3.8) is 0 Å². The van der Waals surface area contributed by atoms with Crippen LogP contribution in [0.3, 0.4) is 0 Å². The monoisotopic (exact) mass is 307 g/mol. The van der Waals surface area contributed by atoms with E-state index in [1.807, 2.05) is 18.2 Å². The summed E-state index contributed by atoms with van der Waals surface area (Å²) in [5, 5.41) is 3.93. The largest absolute Gasteiger partial charge is 0.382 e. The summed E-state index contributed by atoms with van der Waals surface area (Å²) in [5.74, 6) is 0. The van der Waals surface area contributed by atoms with E-state index < -0.39 is 0 Å². The fourth-order valence-corrected chi connectivity index (χ4v) is 1.72. The summed E-state index contributed by atoms with van der Waals surface area (Å²) in [5.41, 5.74) is 0.975. The van der Waals surface area contributed by atoms with Crippen molar-refractivity contribution in [2.75, 3.05) is 38.8 Å². The van der Waals surface area contributed by atoms with E-state index in [2.05, 4.69) is 21.2 Å². The van der Waals surface area contributed by atoms with E-state index in [1.165, 1.54) is 0 Å². The lowest BCUT2D eigenvalue weighted by atomic mass is 10.3. The lowest BCUT2D eigenvalue weighted by Gasteiger charge is -2.09. The standard InChI is InChI=1S/C11H15BrClNO2/c1-15-7-8-16-6-5-14-10-4-2-3-9(13)11(10)12/h2-4,14H,5-8H2,1H3. The van der Waals surface area contributed by atoms with Crippen molar-refractivity contribution < 1.29 is 9.47 Å². The summed E-state index contributed by atoms with van der Waals surface area (Å²) in [4.78, 5) is 0. The molecule has 16 heavy (non-hydrogen) atoms. The second-order valence-corrected chi connectivity index (χ2v) is 4.33. The maximum atomic E-state index is 5.96. The van der Waals surface area contributed by atoms with Gasteiger partial charge in [-0.05, 0) is 28.1 Å². The average molecular weight is 309 g/mol. The topological polar surface area (TPSA) is 30.5 Å². The number of methoxy groups -OCH3 is 1. The molecule has 0 amide bonds. The number of nitrogens with one attached hydrogen (secondary N) is 1. The average Bonchev–Trinajstić information content (AvgIpc) is 2.29. The molecule has 0 saturated heterocycles. The van der Waals surface area contributed by atoms with E-state index in [0.29, 0.717) is 24.8 Å². The zero-order valence-corrected chi connectivity index (χ0v) is 11.5. The number of rotatable bonds is 7. The van der Waals surface area contributed by atoms with Crippen LogP contribution in [-0.2, 0) is 9.47 Å². The van der Waals surface area contributed by atoms with Gasteiger partial charge >= 0.3 is 0 Å². The molecule has 1 aromatic rings. The van der Waals surface area contributed by atoms with Crippen LogP contribution >= 0.6 is 27.5 Å². The van der Waals surface area contributed by atoms with Gasteiger partial charge in [-0.2, -0.15) is 0 Å². The molecule has 0 fully saturated rings. The van der Waals surface area contributed by atoms with Crippen LogP contribution in [0, 0.1) is 0 Å². The molecule has 0 aliphatic heterocycles. The summed E-state index contributed by atoms with van der Waals surface area (Å²) >= 11 is 9.38. The first kappa shape index (κ1) is 13.8. The van der Waals surface area contributed by atoms with Gasteiger partial charge in [0.2, 0.25) is 0 Å². The molecule has 0 aromatic heterocycles. The van der Waals surface area contributed by atoms with E-state index in [4.69, 9.17) is 21.1 Å². The minimum atomic E-state index is 0.620. The van der Waals surface area contributed by atoms with E-state index >= 15 is 0 Å². The number of hydrogen-bond donors (Lipinski definition) is 1. The van der Waals surface area contributed by atoms with Crippen molar-refractivity contribution in [3.05, 3.63) is 27.7 Å². The quantitative estimate of drug-likeness (QED) is 0.785. The molecule has 0 saturated carbocycles. The molecule has 1 aromatic carbocycles. The predicted octanol–water partition coefficient (Wildman–Crippen LogP) is 3.18. The van der Waals surface area contributed by atoms with Gasteiger partial charge in [0.1, 0.15) is 0 Å². The van der Waals surface area contributed by atoms with Crippen LogP contribution in [0.5, 0.6) is 0 Å². The van der Waals surface area contributed by atoms with Crippen molar-refractivity contribution in [2.45, 2.75) is 0 Å². The van der Waals surface area contributed by atoms with Gasteiger partial charge in [0.15, 0.2) is 0 Å². The number of anilines is 1. The summed E-state index contributed by atoms with van der Waals surface area (Å²) < 4.78 is 11.1. The lowest BCUT2D eigenvalue weighted by molar-refractivity contribution is 0.0759. The number of benzene rings is 1. The van der Waals surface area contributed by atoms with E-state index in [1.54, 1.807) is 7.11 Å². The minimum absolute atomic E-state index is 0.620. The Labute approximate surface area is 109 Å². The maximum Gasteiger partial charge on any atom is 0.0701 e. The van der Waals surface area contributed by atoms with Crippen molar-refractivity contribution in [2.24, 2.45) is 0 Å². The molecule has 0 heterocycles. The summed E-state index contributed by atoms with van der Waals surface area (Å²) in [6.07, 6.45) is 0. The Balaban J connectivity index is 2.24. The smallest absolute Gasteiger partial charge is 0.0701 e. The third-order valence-electron chi connectivity index (χ3n) is 1.95. The summed E-state index contributed by atoms with van der Waals surface area (Å²) in [7, 11) is 1.66. The van der Waals surface area contributed by atoms with Crippen LogP contribution in [-0.4, -0.2) is 33.5 Å². The zero-order chi connectivity index (χ0) is 11.8. The Morgan fingerprint density at radius 3 is 2.88 bits per heavy atom. The number of hydrogen-bond acceptors (Lipinski definition) is 3. The van der Waals surface area contributed by atoms with E-state index in [-0.39, 0.29) is 0 Å². The van der Waals surface area contributed by atoms with Gasteiger partial charge in [0.05, 0.1) is 35.0 Å². The molecule has 0 radical (unpaired) electrons. The van der Waals surface area contributed by atoms with Crippen LogP contribution in [0.15, 0.2) is 22.7 Å². The van der Waals surface area contributed by atoms with Gasteiger partial charge in [-0.15, -0.1) is 0 Å². The van der Waals surface area contributed by atoms with Gasteiger partial charge < -0.3 is 14.8 Å². The molecule has 0 spiro atoms. The molecule has 0 aliphatic rings. The third kappa shape index (κ3) is 4.70. The zero-order valence-electron chi connectivity index (χ0n) is 9.13. The Hall–Kier alpha value is -0.290. The van der Waals surface area contributed by atoms with Crippen molar-refractivity contribution in [1.82, 2.24) is 0 Å². The van der Waals surface area contributed by atoms with Gasteiger partial charge in [0, 0.05) is 13.7 Å². The molecule has 0 unspecified atom stereocenters. The Kier molecular flexibility index (Phi) is 6.80. The van der Waals surface area contributed by atoms with Gasteiger partial charge in [-0.1, -0.05) is 17.7 Å². The Morgan fingerprint density at radius 1 is 1.31 bits per heavy atom. The first-order valence-corrected chi connectivity index (χ1v) is 6.17. The first-order valence-electron chi connectivity index (χ1n) is 5.00. The summed E-state index contributed by atoms with van der Waals surface area (Å²) in [6.45, 7) is 2.63. The molecule has 0 atom stereocenters. The normalized spacial score (nSPS) is 10.4. The van der Waals surface area contributed by atoms with Gasteiger partial charge in [-0.25, -0.2) is 0 Å². The van der Waals surface area contributed by atoms with Crippen molar-refractivity contribution in [3.8, 4) is 0 Å². The van der Waals surface area contributed by atoms with Gasteiger partial charge in [0.25, 0.3) is 0 Å². The maximum absolute atomic E-state index is 5.96. The second kappa shape index (κ2) is 7.90. The van der Waals surface area contributed by atoms with Gasteiger partial charge in [-0.3, -0.25) is 0 Å². The molecule has 3 nitrogen and oxygen atoms in total. The van der Waals surface area contributed by atoms with E-state index in [0.717, 1.165) is 16.7 Å². The van der Waals surface area contributed by atoms with Crippen LogP contribution in [0.25, 0.3) is 0 Å². The highest BCUT2D eigenvalue weighted by Crippen LogP contribution is 2.29. The Morgan fingerprint density at radius 2 is 2.12 bits per heavy atom. The molecule has 90 valence electrons. The lowest BCUT2D eigenvalue weighted by Crippen LogP contribution is -2.12. The molecule has 1 N–H and O–H groups in total. The Bertz CT molecular complexity index is 323. The van der Waals surface area contributed by atoms with Crippen LogP contribution in [0.1, 0.15) is 0 Å². The highest BCUT2D eigenvalue weighted by atomic mass is 79.9. The first-order chi connectivity index (χ1) is 7.75. The second-order valence-electron chi connectivity index (χ2n) is 3.13. The highest BCUT2D eigenvalue weighted by molar-refractivity contribution is 9.10. The molecule has 0 aliphatic carbocycles. The molecule has 5 heteroatoms. The molecule has 1 rings (SSSR count). The molecule has 0 bridgehead atoms. The fourth-order valence-electron chi connectivity index (χ4n) is 1.14. The number of ether oxygens (including phenoxy) is 2. The highest BCUT2D eigenvalue weighted by Gasteiger charge is 2.02. The van der Waals surface area contributed by atoms with Crippen LogP contribution in [0.4, 0.5) is 5.69 Å². The SMILES string of the molecule is COCCOCCNc1cccc(Cl)c1Br. The van der Waals surface area contributed by atoms with Crippen molar-refractivity contribution in [1.29, 1.82) is 0 Å². The molecular weight excluding hydrogens is 293 g/mol. The van der Waals surface area contributed by atoms with E-state index in [9.17, 15) is 0 Å².